The first-order chi connectivity index (χ1) is 9.54. The lowest BCUT2D eigenvalue weighted by Crippen LogP contribution is -2.25. The number of carboxylic acid groups (broad SMARTS) is 1. The molecule has 1 aromatic heterocycles. The minimum absolute atomic E-state index is 0.0580. The van der Waals surface area contributed by atoms with Crippen LogP contribution in [0.5, 0.6) is 0 Å². The molecule has 0 unspecified atom stereocenters. The summed E-state index contributed by atoms with van der Waals surface area (Å²) in [6.45, 7) is 2.83. The molecule has 0 radical (unpaired) electrons. The Balaban J connectivity index is 2.38. The summed E-state index contributed by atoms with van der Waals surface area (Å²) in [7, 11) is 0. The van der Waals surface area contributed by atoms with Gasteiger partial charge in [0.1, 0.15) is 0 Å². The number of rotatable bonds is 5. The zero-order valence-electron chi connectivity index (χ0n) is 11.2. The number of aryl methyl sites for hydroxylation is 1. The molecule has 0 bridgehead atoms. The van der Waals surface area contributed by atoms with Gasteiger partial charge in [0, 0.05) is 24.6 Å². The molecule has 20 heavy (non-hydrogen) atoms. The summed E-state index contributed by atoms with van der Waals surface area (Å²) in [5.41, 5.74) is 6.33. The van der Waals surface area contributed by atoms with Crippen LogP contribution in [0, 0.1) is 0 Å². The van der Waals surface area contributed by atoms with E-state index in [1.54, 1.807) is 29.1 Å². The molecule has 0 aliphatic carbocycles. The van der Waals surface area contributed by atoms with Gasteiger partial charge < -0.3 is 10.8 Å². The standard InChI is InChI=1S/C14H17N3O3/c1-2-6-16-7-8-17(14(16)20)9-10-4-3-5-11(15)12(10)13(18)19/h3-5,7-8H,2,6,9,15H2,1H3,(H,18,19). The third kappa shape index (κ3) is 2.59. The molecule has 1 heterocycles. The van der Waals surface area contributed by atoms with Crippen molar-refractivity contribution in [1.29, 1.82) is 0 Å². The molecule has 3 N–H and O–H groups in total. The van der Waals surface area contributed by atoms with Crippen LogP contribution in [0.4, 0.5) is 5.69 Å². The van der Waals surface area contributed by atoms with Crippen molar-refractivity contribution in [3.05, 3.63) is 52.2 Å². The molecule has 2 rings (SSSR count). The smallest absolute Gasteiger partial charge is 0.338 e. The Morgan fingerprint density at radius 1 is 1.30 bits per heavy atom. The van der Waals surface area contributed by atoms with Gasteiger partial charge in [0.2, 0.25) is 0 Å². The van der Waals surface area contributed by atoms with Gasteiger partial charge in [0.15, 0.2) is 0 Å². The number of hydrogen-bond donors (Lipinski definition) is 2. The molecular weight excluding hydrogens is 258 g/mol. The van der Waals surface area contributed by atoms with Crippen molar-refractivity contribution in [3.8, 4) is 0 Å². The minimum Gasteiger partial charge on any atom is -0.478 e. The van der Waals surface area contributed by atoms with Crippen molar-refractivity contribution in [2.75, 3.05) is 5.73 Å². The number of carbonyl (C=O) groups is 1. The van der Waals surface area contributed by atoms with Crippen LogP contribution in [0.25, 0.3) is 0 Å². The van der Waals surface area contributed by atoms with Crippen LogP contribution in [0.1, 0.15) is 29.3 Å². The second-order valence-electron chi connectivity index (χ2n) is 4.59. The molecular formula is C14H17N3O3. The first-order valence-corrected chi connectivity index (χ1v) is 6.40. The first kappa shape index (κ1) is 13.9. The van der Waals surface area contributed by atoms with Crippen LogP contribution >= 0.6 is 0 Å². The van der Waals surface area contributed by atoms with Crippen LogP contribution in [-0.4, -0.2) is 20.2 Å². The number of imidazole rings is 1. The minimum atomic E-state index is -1.08. The average molecular weight is 275 g/mol. The van der Waals surface area contributed by atoms with Crippen molar-refractivity contribution in [2.45, 2.75) is 26.4 Å². The van der Waals surface area contributed by atoms with Crippen LogP contribution in [0.3, 0.4) is 0 Å². The fourth-order valence-electron chi connectivity index (χ4n) is 2.18. The summed E-state index contributed by atoms with van der Waals surface area (Å²) in [6, 6.07) is 4.90. The molecule has 2 aromatic rings. The van der Waals surface area contributed by atoms with Crippen molar-refractivity contribution >= 4 is 11.7 Å². The number of hydrogen-bond acceptors (Lipinski definition) is 3. The van der Waals surface area contributed by atoms with Crippen LogP contribution in [0.2, 0.25) is 0 Å². The summed E-state index contributed by atoms with van der Waals surface area (Å²) in [5, 5.41) is 9.21. The van der Waals surface area contributed by atoms with Crippen LogP contribution in [0.15, 0.2) is 35.4 Å². The van der Waals surface area contributed by atoms with E-state index in [-0.39, 0.29) is 23.5 Å². The molecule has 0 saturated heterocycles. The highest BCUT2D eigenvalue weighted by Gasteiger charge is 2.14. The van der Waals surface area contributed by atoms with E-state index < -0.39 is 5.97 Å². The summed E-state index contributed by atoms with van der Waals surface area (Å²) < 4.78 is 3.09. The lowest BCUT2D eigenvalue weighted by molar-refractivity contribution is 0.0696. The highest BCUT2D eigenvalue weighted by atomic mass is 16.4. The monoisotopic (exact) mass is 275 g/mol. The molecule has 0 spiro atoms. The molecule has 0 saturated carbocycles. The predicted molar refractivity (Wildman–Crippen MR) is 75.9 cm³/mol. The second kappa shape index (κ2) is 5.64. The highest BCUT2D eigenvalue weighted by Crippen LogP contribution is 2.17. The van der Waals surface area contributed by atoms with E-state index in [9.17, 15) is 14.7 Å². The summed E-state index contributed by atoms with van der Waals surface area (Å²) in [6.07, 6.45) is 4.23. The Hall–Kier alpha value is -2.50. The van der Waals surface area contributed by atoms with Gasteiger partial charge in [-0.25, -0.2) is 9.59 Å². The van der Waals surface area contributed by atoms with Crippen molar-refractivity contribution < 1.29 is 9.90 Å². The molecule has 6 heteroatoms. The van der Waals surface area contributed by atoms with Crippen molar-refractivity contribution in [3.63, 3.8) is 0 Å². The number of nitrogens with zero attached hydrogens (tertiary/aromatic N) is 2. The van der Waals surface area contributed by atoms with Gasteiger partial charge >= 0.3 is 11.7 Å². The predicted octanol–water partition coefficient (Wildman–Crippen LogP) is 1.39. The van der Waals surface area contributed by atoms with E-state index in [0.29, 0.717) is 12.1 Å². The molecule has 106 valence electrons. The number of carboxylic acids is 1. The number of anilines is 1. The topological polar surface area (TPSA) is 90.2 Å². The van der Waals surface area contributed by atoms with Gasteiger partial charge in [-0.15, -0.1) is 0 Å². The van der Waals surface area contributed by atoms with Gasteiger partial charge in [-0.1, -0.05) is 19.1 Å². The lowest BCUT2D eigenvalue weighted by Gasteiger charge is -2.08. The Kier molecular flexibility index (Phi) is 3.93. The molecule has 0 aliphatic heterocycles. The van der Waals surface area contributed by atoms with Gasteiger partial charge in [0.05, 0.1) is 12.1 Å². The molecule has 0 fully saturated rings. The highest BCUT2D eigenvalue weighted by molar-refractivity contribution is 5.95. The molecule has 6 nitrogen and oxygen atoms in total. The average Bonchev–Trinajstić information content (AvgIpc) is 2.72. The van der Waals surface area contributed by atoms with Crippen molar-refractivity contribution in [1.82, 2.24) is 9.13 Å². The number of aromatic nitrogens is 2. The normalized spacial score (nSPS) is 10.7. The SMILES string of the molecule is CCCn1ccn(Cc2cccc(N)c2C(=O)O)c1=O. The Morgan fingerprint density at radius 2 is 2.00 bits per heavy atom. The van der Waals surface area contributed by atoms with E-state index in [2.05, 4.69) is 0 Å². The Labute approximate surface area is 116 Å². The van der Waals surface area contributed by atoms with Gasteiger partial charge in [-0.05, 0) is 18.1 Å². The number of aromatic carboxylic acids is 1. The molecule has 0 amide bonds. The molecule has 1 aromatic carbocycles. The Bertz CT molecular complexity index is 685. The quantitative estimate of drug-likeness (QED) is 0.807. The summed E-state index contributed by atoms with van der Waals surface area (Å²) in [4.78, 5) is 23.3. The largest absolute Gasteiger partial charge is 0.478 e. The van der Waals surface area contributed by atoms with E-state index in [1.807, 2.05) is 6.92 Å². The summed E-state index contributed by atoms with van der Waals surface area (Å²) in [5.74, 6) is -1.08. The third-order valence-corrected chi connectivity index (χ3v) is 3.12. The maximum absolute atomic E-state index is 12.1. The van der Waals surface area contributed by atoms with E-state index in [0.717, 1.165) is 6.42 Å². The van der Waals surface area contributed by atoms with E-state index in [1.165, 1.54) is 10.6 Å². The van der Waals surface area contributed by atoms with Gasteiger partial charge in [-0.2, -0.15) is 0 Å². The van der Waals surface area contributed by atoms with E-state index in [4.69, 9.17) is 5.73 Å². The fraction of sp³-hybridized carbons (Fsp3) is 0.286. The maximum atomic E-state index is 12.1. The van der Waals surface area contributed by atoms with Crippen LogP contribution in [-0.2, 0) is 13.1 Å². The van der Waals surface area contributed by atoms with Gasteiger partial charge in [-0.3, -0.25) is 9.13 Å². The molecule has 0 atom stereocenters. The zero-order valence-corrected chi connectivity index (χ0v) is 11.2. The van der Waals surface area contributed by atoms with Crippen LogP contribution < -0.4 is 11.4 Å². The first-order valence-electron chi connectivity index (χ1n) is 6.40. The van der Waals surface area contributed by atoms with E-state index >= 15 is 0 Å². The maximum Gasteiger partial charge on any atom is 0.338 e. The number of nitrogens with two attached hydrogens (primary N) is 1. The summed E-state index contributed by atoms with van der Waals surface area (Å²) >= 11 is 0. The third-order valence-electron chi connectivity index (χ3n) is 3.12. The van der Waals surface area contributed by atoms with Gasteiger partial charge in [0.25, 0.3) is 0 Å². The number of benzene rings is 1. The number of nitrogen functional groups attached to an aromatic ring is 1. The fourth-order valence-corrected chi connectivity index (χ4v) is 2.18. The Morgan fingerprint density at radius 3 is 2.65 bits per heavy atom. The second-order valence-corrected chi connectivity index (χ2v) is 4.59. The lowest BCUT2D eigenvalue weighted by atomic mass is 10.1. The van der Waals surface area contributed by atoms with Crippen molar-refractivity contribution in [2.24, 2.45) is 0 Å². The zero-order chi connectivity index (χ0) is 14.7. The molecule has 0 aliphatic rings.